The molecule has 0 unspecified atom stereocenters. The first-order valence-electron chi connectivity index (χ1n) is 3.78. The largest absolute Gasteiger partial charge is 0.515 e. The van der Waals surface area contributed by atoms with Crippen LogP contribution in [0.2, 0.25) is 0 Å². The Kier molecular flexibility index (Phi) is 2.80. The van der Waals surface area contributed by atoms with Gasteiger partial charge in [-0.2, -0.15) is 0 Å². The molecule has 0 atom stereocenters. The maximum Gasteiger partial charge on any atom is 0.161 e. The number of benzene rings is 1. The number of aliphatic hydroxyl groups excluding tert-OH is 1. The third-order valence-electron chi connectivity index (χ3n) is 1.78. The highest BCUT2D eigenvalue weighted by molar-refractivity contribution is 5.42. The quantitative estimate of drug-likeness (QED) is 0.716. The first kappa shape index (κ1) is 9.45. The summed E-state index contributed by atoms with van der Waals surface area (Å²) in [5, 5.41) is 10.2. The molecule has 0 aromatic heterocycles. The van der Waals surface area contributed by atoms with Gasteiger partial charge in [-0.1, -0.05) is 6.58 Å². The number of methoxy groups -OCH3 is 2. The lowest BCUT2D eigenvalue weighted by molar-refractivity contribution is 0.354. The highest BCUT2D eigenvalue weighted by Gasteiger charge is 2.01. The molecule has 0 radical (unpaired) electrons. The fraction of sp³-hybridized carbons (Fsp3) is 0.200. The molecule has 1 aromatic carbocycles. The van der Waals surface area contributed by atoms with E-state index in [1.54, 1.807) is 26.4 Å². The van der Waals surface area contributed by atoms with E-state index < -0.39 is 0 Å². The molecule has 1 aromatic rings. The fourth-order valence-electron chi connectivity index (χ4n) is 1.06. The third-order valence-corrected chi connectivity index (χ3v) is 1.78. The van der Waals surface area contributed by atoms with Crippen molar-refractivity contribution < 1.29 is 14.6 Å². The highest BCUT2D eigenvalue weighted by atomic mass is 16.5. The monoisotopic (exact) mass is 180 g/mol. The summed E-state index contributed by atoms with van der Waals surface area (Å²) in [4.78, 5) is 0. The van der Waals surface area contributed by atoms with Crippen LogP contribution in [0, 0.1) is 0 Å². The van der Waals surface area contributed by atoms with E-state index in [4.69, 9.17) is 14.6 Å². The van der Waals surface area contributed by atoms with Crippen LogP contribution < -0.4 is 19.9 Å². The van der Waals surface area contributed by atoms with Crippen molar-refractivity contribution in [2.75, 3.05) is 14.2 Å². The van der Waals surface area contributed by atoms with Crippen LogP contribution in [0.15, 0.2) is 12.1 Å². The van der Waals surface area contributed by atoms with E-state index in [-0.39, 0.29) is 0 Å². The zero-order chi connectivity index (χ0) is 9.84. The molecule has 1 rings (SSSR count). The molecule has 0 aliphatic heterocycles. The number of ether oxygens (including phenoxy) is 2. The van der Waals surface area contributed by atoms with Crippen molar-refractivity contribution in [2.45, 2.75) is 0 Å². The zero-order valence-corrected chi connectivity index (χ0v) is 7.70. The summed E-state index contributed by atoms with van der Waals surface area (Å²) >= 11 is 0. The van der Waals surface area contributed by atoms with Crippen LogP contribution in [0.1, 0.15) is 0 Å². The van der Waals surface area contributed by atoms with Gasteiger partial charge in [0.05, 0.1) is 20.5 Å². The molecule has 13 heavy (non-hydrogen) atoms. The van der Waals surface area contributed by atoms with Gasteiger partial charge in [0.15, 0.2) is 11.5 Å². The second-order valence-electron chi connectivity index (χ2n) is 2.54. The molecule has 0 fully saturated rings. The van der Waals surface area contributed by atoms with Crippen LogP contribution in [-0.4, -0.2) is 19.3 Å². The van der Waals surface area contributed by atoms with E-state index in [0.717, 1.165) is 6.26 Å². The lowest BCUT2D eigenvalue weighted by Crippen LogP contribution is -2.23. The summed E-state index contributed by atoms with van der Waals surface area (Å²) in [7, 11) is 3.10. The Balaban J connectivity index is 3.45. The average Bonchev–Trinajstić information content (AvgIpc) is 2.17. The predicted octanol–water partition coefficient (Wildman–Crippen LogP) is 0.410. The smallest absolute Gasteiger partial charge is 0.161 e. The second-order valence-corrected chi connectivity index (χ2v) is 2.54. The Morgan fingerprint density at radius 2 is 1.77 bits per heavy atom. The number of hydrogen-bond acceptors (Lipinski definition) is 3. The minimum Gasteiger partial charge on any atom is -0.515 e. The second kappa shape index (κ2) is 3.85. The molecule has 0 saturated heterocycles. The first-order valence-corrected chi connectivity index (χ1v) is 3.78. The molecular weight excluding hydrogens is 168 g/mol. The van der Waals surface area contributed by atoms with Crippen LogP contribution in [0.3, 0.4) is 0 Å². The van der Waals surface area contributed by atoms with E-state index in [9.17, 15) is 0 Å². The first-order chi connectivity index (χ1) is 6.22. The Labute approximate surface area is 76.5 Å². The van der Waals surface area contributed by atoms with Crippen molar-refractivity contribution in [1.29, 1.82) is 0 Å². The van der Waals surface area contributed by atoms with Crippen molar-refractivity contribution in [3.63, 3.8) is 0 Å². The summed E-state index contributed by atoms with van der Waals surface area (Å²) < 4.78 is 10.1. The number of aliphatic hydroxyl groups is 1. The van der Waals surface area contributed by atoms with E-state index >= 15 is 0 Å². The van der Waals surface area contributed by atoms with E-state index in [0.29, 0.717) is 21.9 Å². The lowest BCUT2D eigenvalue weighted by atomic mass is 10.2. The van der Waals surface area contributed by atoms with Crippen LogP contribution in [0.4, 0.5) is 0 Å². The van der Waals surface area contributed by atoms with Gasteiger partial charge in [0.2, 0.25) is 0 Å². The topological polar surface area (TPSA) is 38.7 Å². The van der Waals surface area contributed by atoms with Gasteiger partial charge in [-0.3, -0.25) is 0 Å². The van der Waals surface area contributed by atoms with Crippen molar-refractivity contribution in [3.8, 4) is 11.5 Å². The van der Waals surface area contributed by atoms with Gasteiger partial charge in [-0.15, -0.1) is 0 Å². The van der Waals surface area contributed by atoms with Gasteiger partial charge >= 0.3 is 0 Å². The minimum absolute atomic E-state index is 0.579. The van der Waals surface area contributed by atoms with Gasteiger partial charge in [-0.05, 0) is 17.4 Å². The van der Waals surface area contributed by atoms with Crippen LogP contribution in [-0.2, 0) is 0 Å². The molecule has 0 bridgehead atoms. The molecule has 1 N–H and O–H groups in total. The molecule has 0 saturated carbocycles. The van der Waals surface area contributed by atoms with Gasteiger partial charge in [0.25, 0.3) is 0 Å². The Morgan fingerprint density at radius 1 is 1.23 bits per heavy atom. The highest BCUT2D eigenvalue weighted by Crippen LogP contribution is 2.21. The SMILES string of the molecule is C=c1cc(OC)c(OC)c/c1=C\O. The molecular formula is C10H12O3. The van der Waals surface area contributed by atoms with Gasteiger partial charge in [-0.25, -0.2) is 0 Å². The Hall–Kier alpha value is -1.64. The molecule has 0 aliphatic carbocycles. The number of rotatable bonds is 2. The Bertz CT molecular complexity index is 395. The van der Waals surface area contributed by atoms with Crippen molar-refractivity contribution in [2.24, 2.45) is 0 Å². The van der Waals surface area contributed by atoms with Crippen LogP contribution in [0.5, 0.6) is 11.5 Å². The standard InChI is InChI=1S/C10H12O3/c1-7-4-9(12-2)10(13-3)5-8(7)6-11/h4-6,11H,1H2,2-3H3/b8-6+. The summed E-state index contributed by atoms with van der Waals surface area (Å²) in [6.07, 6.45) is 0.990. The zero-order valence-electron chi connectivity index (χ0n) is 7.70. The van der Waals surface area contributed by atoms with Crippen LogP contribution in [0.25, 0.3) is 12.8 Å². The third kappa shape index (κ3) is 1.75. The summed E-state index contributed by atoms with van der Waals surface area (Å²) in [5.74, 6) is 1.19. The predicted molar refractivity (Wildman–Crippen MR) is 51.4 cm³/mol. The summed E-state index contributed by atoms with van der Waals surface area (Å²) in [6.45, 7) is 3.75. The molecule has 3 nitrogen and oxygen atoms in total. The summed E-state index contributed by atoms with van der Waals surface area (Å²) in [6, 6.07) is 3.38. The minimum atomic E-state index is 0.579. The van der Waals surface area contributed by atoms with Crippen molar-refractivity contribution in [1.82, 2.24) is 0 Å². The van der Waals surface area contributed by atoms with Crippen LogP contribution >= 0.6 is 0 Å². The normalized spacial score (nSPS) is 11.4. The molecule has 0 spiro atoms. The Morgan fingerprint density at radius 3 is 2.23 bits per heavy atom. The molecule has 70 valence electrons. The van der Waals surface area contributed by atoms with Crippen molar-refractivity contribution >= 4 is 12.8 Å². The lowest BCUT2D eigenvalue weighted by Gasteiger charge is -2.06. The molecule has 0 amide bonds. The van der Waals surface area contributed by atoms with E-state index in [1.165, 1.54) is 0 Å². The maximum absolute atomic E-state index is 8.84. The maximum atomic E-state index is 8.84. The van der Waals surface area contributed by atoms with E-state index in [2.05, 4.69) is 6.58 Å². The fourth-order valence-corrected chi connectivity index (χ4v) is 1.06. The molecule has 0 heterocycles. The molecule has 0 aliphatic rings. The molecule has 3 heteroatoms. The average molecular weight is 180 g/mol. The van der Waals surface area contributed by atoms with Crippen molar-refractivity contribution in [3.05, 3.63) is 22.6 Å². The van der Waals surface area contributed by atoms with Gasteiger partial charge in [0, 0.05) is 5.22 Å². The van der Waals surface area contributed by atoms with Gasteiger partial charge in [0.1, 0.15) is 0 Å². The summed E-state index contributed by atoms with van der Waals surface area (Å²) in [5.41, 5.74) is 0. The van der Waals surface area contributed by atoms with E-state index in [1.807, 2.05) is 0 Å². The number of hydrogen-bond donors (Lipinski definition) is 1. The van der Waals surface area contributed by atoms with Gasteiger partial charge < -0.3 is 14.6 Å².